The smallest absolute Gasteiger partial charge is 0.223 e. The number of hydrogen-bond donors (Lipinski definition) is 3. The molecule has 0 aliphatic carbocycles. The lowest BCUT2D eigenvalue weighted by Gasteiger charge is -2.27. The maximum atomic E-state index is 5.62. The highest BCUT2D eigenvalue weighted by Crippen LogP contribution is 2.25. The van der Waals surface area contributed by atoms with Crippen LogP contribution in [0, 0.1) is 11.3 Å². The van der Waals surface area contributed by atoms with Crippen LogP contribution in [0.2, 0.25) is 0 Å². The fourth-order valence-corrected chi connectivity index (χ4v) is 1.25. The Balaban J connectivity index is 2.66. The van der Waals surface area contributed by atoms with Crippen molar-refractivity contribution in [3.63, 3.8) is 0 Å². The lowest BCUT2D eigenvalue weighted by Crippen LogP contribution is -2.25. The second-order valence-corrected chi connectivity index (χ2v) is 5.39. The third-order valence-corrected chi connectivity index (χ3v) is 3.07. The molecular weight excluding hydrogens is 214 g/mol. The topological polar surface area (TPSA) is 75.9 Å². The van der Waals surface area contributed by atoms with Gasteiger partial charge in [-0.05, 0) is 11.3 Å². The molecule has 1 unspecified atom stereocenters. The summed E-state index contributed by atoms with van der Waals surface area (Å²) in [5, 5.41) is 6.25. The molecule has 0 aromatic carbocycles. The van der Waals surface area contributed by atoms with E-state index >= 15 is 0 Å². The van der Waals surface area contributed by atoms with E-state index in [4.69, 9.17) is 5.73 Å². The van der Waals surface area contributed by atoms with Gasteiger partial charge in [-0.15, -0.1) is 0 Å². The molecule has 1 aromatic rings. The van der Waals surface area contributed by atoms with E-state index in [9.17, 15) is 0 Å². The molecule has 0 radical (unpaired) electrons. The zero-order valence-corrected chi connectivity index (χ0v) is 11.3. The van der Waals surface area contributed by atoms with Gasteiger partial charge in [-0.1, -0.05) is 27.7 Å². The van der Waals surface area contributed by atoms with Crippen molar-refractivity contribution in [2.75, 3.05) is 30.0 Å². The van der Waals surface area contributed by atoms with Crippen LogP contribution in [0.25, 0.3) is 0 Å². The van der Waals surface area contributed by atoms with E-state index in [0.717, 1.165) is 18.2 Å². The van der Waals surface area contributed by atoms with Crippen molar-refractivity contribution in [3.05, 3.63) is 6.07 Å². The maximum Gasteiger partial charge on any atom is 0.223 e. The molecule has 17 heavy (non-hydrogen) atoms. The van der Waals surface area contributed by atoms with Gasteiger partial charge in [0.25, 0.3) is 0 Å². The van der Waals surface area contributed by atoms with E-state index in [2.05, 4.69) is 48.3 Å². The Morgan fingerprint density at radius 1 is 1.29 bits per heavy atom. The van der Waals surface area contributed by atoms with Gasteiger partial charge in [-0.25, -0.2) is 0 Å². The lowest BCUT2D eigenvalue weighted by atomic mass is 9.82. The summed E-state index contributed by atoms with van der Waals surface area (Å²) in [6.45, 7) is 9.77. The van der Waals surface area contributed by atoms with Crippen LogP contribution in [0.4, 0.5) is 17.6 Å². The second-order valence-electron chi connectivity index (χ2n) is 5.39. The summed E-state index contributed by atoms with van der Waals surface area (Å²) in [5.41, 5.74) is 5.90. The number of rotatable bonds is 4. The Bertz CT molecular complexity index is 370. The van der Waals surface area contributed by atoms with Gasteiger partial charge in [0.15, 0.2) is 0 Å². The van der Waals surface area contributed by atoms with Crippen molar-refractivity contribution in [1.82, 2.24) is 9.97 Å². The van der Waals surface area contributed by atoms with Gasteiger partial charge in [-0.3, -0.25) is 0 Å². The number of anilines is 3. The number of hydrogen-bond acceptors (Lipinski definition) is 5. The summed E-state index contributed by atoms with van der Waals surface area (Å²) in [6.07, 6.45) is 0. The summed E-state index contributed by atoms with van der Waals surface area (Å²) in [7, 11) is 1.81. The Labute approximate surface area is 103 Å². The summed E-state index contributed by atoms with van der Waals surface area (Å²) in [5.74, 6) is 2.31. The van der Waals surface area contributed by atoms with Crippen LogP contribution < -0.4 is 16.4 Å². The Morgan fingerprint density at radius 3 is 2.41 bits per heavy atom. The van der Waals surface area contributed by atoms with Crippen molar-refractivity contribution in [1.29, 1.82) is 0 Å². The number of nitrogen functional groups attached to an aromatic ring is 1. The van der Waals surface area contributed by atoms with E-state index < -0.39 is 0 Å². The van der Waals surface area contributed by atoms with E-state index in [-0.39, 0.29) is 11.4 Å². The molecule has 0 amide bonds. The first-order valence-electron chi connectivity index (χ1n) is 5.89. The average Bonchev–Trinajstić information content (AvgIpc) is 2.23. The largest absolute Gasteiger partial charge is 0.373 e. The molecule has 1 aromatic heterocycles. The molecule has 96 valence electrons. The molecule has 0 saturated carbocycles. The van der Waals surface area contributed by atoms with Crippen LogP contribution in [-0.4, -0.2) is 23.6 Å². The predicted molar refractivity (Wildman–Crippen MR) is 73.1 cm³/mol. The number of aromatic nitrogens is 2. The molecule has 0 aliphatic heterocycles. The lowest BCUT2D eigenvalue weighted by molar-refractivity contribution is 0.274. The van der Waals surface area contributed by atoms with E-state index in [1.54, 1.807) is 0 Å². The van der Waals surface area contributed by atoms with Crippen LogP contribution in [-0.2, 0) is 0 Å². The zero-order valence-electron chi connectivity index (χ0n) is 11.3. The molecule has 1 rings (SSSR count). The monoisotopic (exact) mass is 237 g/mol. The van der Waals surface area contributed by atoms with Crippen LogP contribution in [0.15, 0.2) is 6.07 Å². The highest BCUT2D eigenvalue weighted by Gasteiger charge is 2.19. The molecule has 0 fully saturated rings. The van der Waals surface area contributed by atoms with E-state index in [0.29, 0.717) is 5.92 Å². The Kier molecular flexibility index (Phi) is 4.15. The van der Waals surface area contributed by atoms with Crippen molar-refractivity contribution >= 4 is 17.6 Å². The molecule has 0 saturated heterocycles. The van der Waals surface area contributed by atoms with Gasteiger partial charge >= 0.3 is 0 Å². The minimum atomic E-state index is 0.275. The predicted octanol–water partition coefficient (Wildman–Crippen LogP) is 2.19. The van der Waals surface area contributed by atoms with E-state index in [1.807, 2.05) is 13.1 Å². The summed E-state index contributed by atoms with van der Waals surface area (Å²) in [4.78, 5) is 8.20. The van der Waals surface area contributed by atoms with E-state index in [1.165, 1.54) is 0 Å². The van der Waals surface area contributed by atoms with Crippen LogP contribution in [0.1, 0.15) is 27.7 Å². The highest BCUT2D eigenvalue weighted by atomic mass is 15.1. The summed E-state index contributed by atoms with van der Waals surface area (Å²) in [6, 6.07) is 1.85. The maximum absolute atomic E-state index is 5.62. The fraction of sp³-hybridized carbons (Fsp3) is 0.667. The van der Waals surface area contributed by atoms with Crippen LogP contribution >= 0.6 is 0 Å². The quantitative estimate of drug-likeness (QED) is 0.748. The summed E-state index contributed by atoms with van der Waals surface area (Å²) < 4.78 is 0. The Morgan fingerprint density at radius 2 is 1.88 bits per heavy atom. The molecule has 1 atom stereocenters. The third-order valence-electron chi connectivity index (χ3n) is 3.07. The van der Waals surface area contributed by atoms with Crippen LogP contribution in [0.5, 0.6) is 0 Å². The first-order chi connectivity index (χ1) is 7.82. The normalized spacial score (nSPS) is 13.2. The molecule has 1 heterocycles. The zero-order chi connectivity index (χ0) is 13.1. The molecule has 0 spiro atoms. The van der Waals surface area contributed by atoms with Crippen molar-refractivity contribution < 1.29 is 0 Å². The molecule has 5 nitrogen and oxygen atoms in total. The minimum Gasteiger partial charge on any atom is -0.373 e. The minimum absolute atomic E-state index is 0.275. The van der Waals surface area contributed by atoms with Crippen molar-refractivity contribution in [2.45, 2.75) is 27.7 Å². The second kappa shape index (κ2) is 5.21. The van der Waals surface area contributed by atoms with Gasteiger partial charge in [0.05, 0.1) is 0 Å². The first-order valence-corrected chi connectivity index (χ1v) is 5.89. The Hall–Kier alpha value is -1.52. The fourth-order valence-electron chi connectivity index (χ4n) is 1.25. The first kappa shape index (κ1) is 13.5. The molecule has 5 heteroatoms. The van der Waals surface area contributed by atoms with Crippen LogP contribution in [0.3, 0.4) is 0 Å². The van der Waals surface area contributed by atoms with Gasteiger partial charge in [-0.2, -0.15) is 9.97 Å². The molecule has 0 bridgehead atoms. The molecular formula is C12H23N5. The van der Waals surface area contributed by atoms with Gasteiger partial charge < -0.3 is 16.4 Å². The number of nitrogens with zero attached hydrogens (tertiary/aromatic N) is 2. The third kappa shape index (κ3) is 4.09. The standard InChI is InChI=1S/C12H23N5/c1-8(12(2,3)4)7-15-10-6-9(14-5)16-11(13)17-10/h6,8H,7H2,1-5H3,(H4,13,14,15,16,17). The van der Waals surface area contributed by atoms with Crippen molar-refractivity contribution in [2.24, 2.45) is 11.3 Å². The van der Waals surface area contributed by atoms with Gasteiger partial charge in [0, 0.05) is 19.7 Å². The average molecular weight is 237 g/mol. The van der Waals surface area contributed by atoms with Crippen molar-refractivity contribution in [3.8, 4) is 0 Å². The summed E-state index contributed by atoms with van der Waals surface area (Å²) >= 11 is 0. The highest BCUT2D eigenvalue weighted by molar-refractivity contribution is 5.50. The number of nitrogens with one attached hydrogen (secondary N) is 2. The van der Waals surface area contributed by atoms with Gasteiger partial charge in [0.2, 0.25) is 5.95 Å². The number of nitrogens with two attached hydrogens (primary N) is 1. The van der Waals surface area contributed by atoms with Gasteiger partial charge in [0.1, 0.15) is 11.6 Å². The molecule has 4 N–H and O–H groups in total. The SMILES string of the molecule is CNc1cc(NCC(C)C(C)(C)C)nc(N)n1. The molecule has 0 aliphatic rings.